The number of hydrogen-bond acceptors (Lipinski definition) is 11. The van der Waals surface area contributed by atoms with Crippen molar-refractivity contribution in [2.24, 2.45) is 5.16 Å². The van der Waals surface area contributed by atoms with E-state index in [1.54, 1.807) is 13.4 Å². The molecule has 0 aliphatic carbocycles. The summed E-state index contributed by atoms with van der Waals surface area (Å²) in [7, 11) is 1.64. The summed E-state index contributed by atoms with van der Waals surface area (Å²) in [6.45, 7) is 7.48. The lowest BCUT2D eigenvalue weighted by molar-refractivity contribution is -0.134. The van der Waals surface area contributed by atoms with E-state index in [9.17, 15) is 9.59 Å². The summed E-state index contributed by atoms with van der Waals surface area (Å²) in [5, 5.41) is 24.2. The summed E-state index contributed by atoms with van der Waals surface area (Å²) >= 11 is 0. The predicted octanol–water partition coefficient (Wildman–Crippen LogP) is 5.14. The van der Waals surface area contributed by atoms with Gasteiger partial charge in [0.15, 0.2) is 11.5 Å². The lowest BCUT2D eigenvalue weighted by Gasteiger charge is -2.26. The number of ether oxygens (including phenoxy) is 3. The molecule has 3 N–H and O–H groups in total. The summed E-state index contributed by atoms with van der Waals surface area (Å²) in [6, 6.07) is 21.8. The number of nitrogens with zero attached hydrogens (tertiary/aromatic N) is 4. The van der Waals surface area contributed by atoms with Crippen LogP contribution >= 0.6 is 0 Å². The van der Waals surface area contributed by atoms with Gasteiger partial charge in [0.1, 0.15) is 18.8 Å². The number of carboxylic acids is 2. The van der Waals surface area contributed by atoms with Crippen molar-refractivity contribution in [3.63, 3.8) is 0 Å². The molecule has 0 radical (unpaired) electrons. The number of benzene rings is 3. The molecule has 0 saturated carbocycles. The van der Waals surface area contributed by atoms with E-state index in [1.807, 2.05) is 73.7 Å². The van der Waals surface area contributed by atoms with Crippen LogP contribution in [0.5, 0.6) is 11.5 Å². The molecule has 0 atom stereocenters. The standard InChI is InChI=1S/C31H35N5O4.C4H4O4/c1-23(35-40-21-24-7-4-3-5-8-24)25-9-11-26(12-10-25)34-31-27-19-30(29(37-2)20-28(27)32-22-33-31)39-16-6-13-36-14-17-38-18-15-36;5-3(6)1-2-4(7)8/h3-5,7-12,19-20,22H,6,13-18,21H2,1-2H3,(H,32,33,34);1-2H,(H,5,6)(H,7,8). The third kappa shape index (κ3) is 11.4. The lowest BCUT2D eigenvalue weighted by Crippen LogP contribution is -2.37. The van der Waals surface area contributed by atoms with E-state index in [-0.39, 0.29) is 0 Å². The molecular weight excluding hydrogens is 618 g/mol. The van der Waals surface area contributed by atoms with Crippen molar-refractivity contribution in [2.75, 3.05) is 51.9 Å². The molecular formula is C35H39N5O8. The van der Waals surface area contributed by atoms with Gasteiger partial charge in [0.2, 0.25) is 0 Å². The summed E-state index contributed by atoms with van der Waals surface area (Å²) in [5.41, 5.74) is 4.52. The molecule has 3 aromatic carbocycles. The first-order chi connectivity index (χ1) is 23.3. The van der Waals surface area contributed by atoms with Gasteiger partial charge in [-0.15, -0.1) is 0 Å². The third-order valence-electron chi connectivity index (χ3n) is 7.11. The maximum Gasteiger partial charge on any atom is 0.328 e. The number of carbonyl (C=O) groups is 2. The van der Waals surface area contributed by atoms with Gasteiger partial charge in [-0.1, -0.05) is 47.6 Å². The normalized spacial score (nSPS) is 13.4. The van der Waals surface area contributed by atoms with Crippen LogP contribution in [-0.2, 0) is 25.8 Å². The van der Waals surface area contributed by atoms with Gasteiger partial charge >= 0.3 is 11.9 Å². The Morgan fingerprint density at radius 2 is 1.69 bits per heavy atom. The first-order valence-corrected chi connectivity index (χ1v) is 15.3. The minimum Gasteiger partial charge on any atom is -0.493 e. The van der Waals surface area contributed by atoms with Gasteiger partial charge in [0, 0.05) is 48.9 Å². The van der Waals surface area contributed by atoms with Gasteiger partial charge in [0.25, 0.3) is 0 Å². The first-order valence-electron chi connectivity index (χ1n) is 15.3. The van der Waals surface area contributed by atoms with Gasteiger partial charge in [-0.25, -0.2) is 19.6 Å². The second-order valence-corrected chi connectivity index (χ2v) is 10.5. The molecule has 252 valence electrons. The minimum atomic E-state index is -1.26. The molecule has 0 unspecified atom stereocenters. The number of rotatable bonds is 14. The minimum absolute atomic E-state index is 0.433. The zero-order chi connectivity index (χ0) is 34.1. The largest absolute Gasteiger partial charge is 0.493 e. The van der Waals surface area contributed by atoms with Crippen LogP contribution in [0, 0.1) is 0 Å². The van der Waals surface area contributed by atoms with E-state index in [1.165, 1.54) is 0 Å². The highest BCUT2D eigenvalue weighted by atomic mass is 16.6. The molecule has 2 heterocycles. The van der Waals surface area contributed by atoms with Crippen LogP contribution in [0.15, 0.2) is 90.4 Å². The molecule has 5 rings (SSSR count). The second kappa shape index (κ2) is 18.6. The number of morpholine rings is 1. The number of aliphatic carboxylic acids is 2. The fourth-order valence-electron chi connectivity index (χ4n) is 4.64. The number of anilines is 2. The maximum absolute atomic E-state index is 9.55. The van der Waals surface area contributed by atoms with E-state index < -0.39 is 11.9 Å². The Hall–Kier alpha value is -5.53. The monoisotopic (exact) mass is 657 g/mol. The Kier molecular flexibility index (Phi) is 13.7. The van der Waals surface area contributed by atoms with Crippen molar-refractivity contribution >= 4 is 40.1 Å². The van der Waals surface area contributed by atoms with Crippen LogP contribution in [0.4, 0.5) is 11.5 Å². The molecule has 1 fully saturated rings. The second-order valence-electron chi connectivity index (χ2n) is 10.5. The average molecular weight is 658 g/mol. The molecule has 13 nitrogen and oxygen atoms in total. The van der Waals surface area contributed by atoms with Crippen LogP contribution in [0.3, 0.4) is 0 Å². The van der Waals surface area contributed by atoms with Crippen molar-refractivity contribution in [3.05, 3.63) is 96.3 Å². The Morgan fingerprint density at radius 1 is 0.979 bits per heavy atom. The summed E-state index contributed by atoms with van der Waals surface area (Å²) in [5.74, 6) is -0.500. The average Bonchev–Trinajstić information content (AvgIpc) is 3.10. The van der Waals surface area contributed by atoms with Crippen molar-refractivity contribution in [1.29, 1.82) is 0 Å². The molecule has 0 bridgehead atoms. The lowest BCUT2D eigenvalue weighted by atomic mass is 10.1. The molecule has 1 aliphatic rings. The van der Waals surface area contributed by atoms with E-state index in [4.69, 9.17) is 29.3 Å². The summed E-state index contributed by atoms with van der Waals surface area (Å²) in [4.78, 5) is 36.0. The Labute approximate surface area is 278 Å². The Bertz CT molecular complexity index is 1680. The van der Waals surface area contributed by atoms with Crippen LogP contribution < -0.4 is 14.8 Å². The molecule has 13 heteroatoms. The summed E-state index contributed by atoms with van der Waals surface area (Å²) < 4.78 is 17.2. The Morgan fingerprint density at radius 3 is 2.35 bits per heavy atom. The van der Waals surface area contributed by atoms with Crippen LogP contribution in [0.1, 0.15) is 24.5 Å². The maximum atomic E-state index is 9.55. The van der Waals surface area contributed by atoms with E-state index in [0.29, 0.717) is 42.7 Å². The number of nitrogens with one attached hydrogen (secondary N) is 1. The smallest absolute Gasteiger partial charge is 0.328 e. The van der Waals surface area contributed by atoms with E-state index in [2.05, 4.69) is 25.3 Å². The number of aromatic nitrogens is 2. The third-order valence-corrected chi connectivity index (χ3v) is 7.11. The number of carboxylic acid groups (broad SMARTS) is 2. The molecule has 4 aromatic rings. The topological polar surface area (TPSA) is 165 Å². The quantitative estimate of drug-likeness (QED) is 0.0709. The fourth-order valence-corrected chi connectivity index (χ4v) is 4.64. The highest BCUT2D eigenvalue weighted by Crippen LogP contribution is 2.35. The van der Waals surface area contributed by atoms with Gasteiger partial charge < -0.3 is 34.6 Å². The van der Waals surface area contributed by atoms with Gasteiger partial charge in [0.05, 0.1) is 38.2 Å². The zero-order valence-corrected chi connectivity index (χ0v) is 26.9. The van der Waals surface area contributed by atoms with Crippen molar-refractivity contribution in [1.82, 2.24) is 14.9 Å². The first kappa shape index (κ1) is 35.3. The van der Waals surface area contributed by atoms with Crippen molar-refractivity contribution in [2.45, 2.75) is 20.0 Å². The van der Waals surface area contributed by atoms with Crippen LogP contribution in [-0.4, -0.2) is 89.3 Å². The molecule has 48 heavy (non-hydrogen) atoms. The zero-order valence-electron chi connectivity index (χ0n) is 26.9. The molecule has 0 amide bonds. The molecule has 1 aliphatic heterocycles. The number of oxime groups is 1. The molecule has 1 saturated heterocycles. The van der Waals surface area contributed by atoms with Crippen LogP contribution in [0.2, 0.25) is 0 Å². The van der Waals surface area contributed by atoms with E-state index in [0.717, 1.165) is 72.7 Å². The summed E-state index contributed by atoms with van der Waals surface area (Å²) in [6.07, 6.45) is 3.58. The van der Waals surface area contributed by atoms with E-state index >= 15 is 0 Å². The highest BCUT2D eigenvalue weighted by Gasteiger charge is 2.14. The number of hydrogen-bond donors (Lipinski definition) is 3. The van der Waals surface area contributed by atoms with Crippen LogP contribution in [0.25, 0.3) is 10.9 Å². The number of fused-ring (bicyclic) bond motifs is 1. The van der Waals surface area contributed by atoms with Crippen molar-refractivity contribution in [3.8, 4) is 11.5 Å². The van der Waals surface area contributed by atoms with Crippen molar-refractivity contribution < 1.29 is 38.9 Å². The fraction of sp³-hybridized carbons (Fsp3) is 0.286. The van der Waals surface area contributed by atoms with Gasteiger partial charge in [-0.2, -0.15) is 0 Å². The molecule has 1 aromatic heterocycles. The predicted molar refractivity (Wildman–Crippen MR) is 181 cm³/mol. The highest BCUT2D eigenvalue weighted by molar-refractivity contribution is 5.99. The molecule has 0 spiro atoms. The van der Waals surface area contributed by atoms with Gasteiger partial charge in [-0.05, 0) is 42.7 Å². The number of methoxy groups -OCH3 is 1. The SMILES string of the molecule is COc1cc2ncnc(Nc3ccc(C(C)=NOCc4ccccc4)cc3)c2cc1OCCCN1CCOCC1.O=C(O)C=CC(=O)O. The van der Waals surface area contributed by atoms with Gasteiger partial charge in [-0.3, -0.25) is 4.90 Å². The Balaban J connectivity index is 0.000000579.